The lowest BCUT2D eigenvalue weighted by Gasteiger charge is -2.40. The van der Waals surface area contributed by atoms with Crippen LogP contribution in [0.4, 0.5) is 0 Å². The van der Waals surface area contributed by atoms with E-state index >= 15 is 0 Å². The average molecular weight is 267 g/mol. The number of rotatable bonds is 4. The molecular formula is C14H25N3O2. The second-order valence-electron chi connectivity index (χ2n) is 6.47. The number of carbonyl (C=O) groups excluding carboxylic acids is 1. The number of amides is 1. The van der Waals surface area contributed by atoms with E-state index in [9.17, 15) is 4.79 Å². The molecule has 19 heavy (non-hydrogen) atoms. The molecule has 2 aliphatic carbocycles. The van der Waals surface area contributed by atoms with Gasteiger partial charge in [-0.3, -0.25) is 4.79 Å². The molecule has 0 aromatic carbocycles. The van der Waals surface area contributed by atoms with E-state index in [1.807, 2.05) is 0 Å². The fourth-order valence-electron chi connectivity index (χ4n) is 3.27. The molecule has 5 nitrogen and oxygen atoms in total. The zero-order chi connectivity index (χ0) is 13.9. The minimum absolute atomic E-state index is 0.0596. The number of nitrogens with two attached hydrogens (primary N) is 1. The van der Waals surface area contributed by atoms with E-state index in [4.69, 9.17) is 10.9 Å². The molecule has 0 aromatic rings. The van der Waals surface area contributed by atoms with Gasteiger partial charge in [-0.1, -0.05) is 37.8 Å². The topological polar surface area (TPSA) is 87.7 Å². The molecule has 0 aliphatic heterocycles. The fraction of sp³-hybridized carbons (Fsp3) is 0.857. The van der Waals surface area contributed by atoms with Crippen LogP contribution in [0.15, 0.2) is 5.16 Å². The summed E-state index contributed by atoms with van der Waals surface area (Å²) in [4.78, 5) is 12.5. The lowest BCUT2D eigenvalue weighted by Crippen LogP contribution is -2.53. The monoisotopic (exact) mass is 267 g/mol. The Balaban J connectivity index is 2.03. The summed E-state index contributed by atoms with van der Waals surface area (Å²) >= 11 is 0. The summed E-state index contributed by atoms with van der Waals surface area (Å²) in [6, 6.07) is 0. The Bertz CT molecular complexity index is 369. The van der Waals surface area contributed by atoms with Crippen molar-refractivity contribution in [2.75, 3.05) is 6.54 Å². The number of nitrogens with one attached hydrogen (secondary N) is 1. The second-order valence-corrected chi connectivity index (χ2v) is 6.47. The zero-order valence-corrected chi connectivity index (χ0v) is 11.7. The van der Waals surface area contributed by atoms with Crippen LogP contribution in [0.3, 0.4) is 0 Å². The summed E-state index contributed by atoms with van der Waals surface area (Å²) in [5.41, 5.74) is 5.27. The van der Waals surface area contributed by atoms with Crippen molar-refractivity contribution in [3.63, 3.8) is 0 Å². The average Bonchev–Trinajstić information content (AvgIpc) is 2.42. The van der Waals surface area contributed by atoms with Gasteiger partial charge >= 0.3 is 0 Å². The van der Waals surface area contributed by atoms with Crippen LogP contribution in [0.1, 0.15) is 58.3 Å². The standard InChI is InChI=1S/C14H25N3O2/c1-13(6-5-7-13)10-16-12(18)14(11(15)17-19)8-3-2-4-9-14/h19H,2-10H2,1H3,(H2,15,17)(H,16,18). The molecule has 2 saturated carbocycles. The van der Waals surface area contributed by atoms with Gasteiger partial charge in [0.2, 0.25) is 5.91 Å². The molecule has 5 heteroatoms. The molecule has 0 unspecified atom stereocenters. The van der Waals surface area contributed by atoms with Gasteiger partial charge in [-0.05, 0) is 31.1 Å². The number of hydrogen-bond donors (Lipinski definition) is 3. The first-order chi connectivity index (χ1) is 9.02. The first-order valence-electron chi connectivity index (χ1n) is 7.29. The molecule has 1 amide bonds. The zero-order valence-electron chi connectivity index (χ0n) is 11.7. The van der Waals surface area contributed by atoms with Gasteiger partial charge in [0.1, 0.15) is 5.41 Å². The lowest BCUT2D eigenvalue weighted by molar-refractivity contribution is -0.129. The van der Waals surface area contributed by atoms with Gasteiger partial charge < -0.3 is 16.3 Å². The summed E-state index contributed by atoms with van der Waals surface area (Å²) in [7, 11) is 0. The smallest absolute Gasteiger partial charge is 0.233 e. The van der Waals surface area contributed by atoms with E-state index in [1.54, 1.807) is 0 Å². The molecule has 2 fully saturated rings. The number of nitrogens with zero attached hydrogens (tertiary/aromatic N) is 1. The molecule has 0 spiro atoms. The fourth-order valence-corrected chi connectivity index (χ4v) is 3.27. The molecule has 2 rings (SSSR count). The van der Waals surface area contributed by atoms with E-state index in [0.717, 1.165) is 19.3 Å². The predicted molar refractivity (Wildman–Crippen MR) is 73.9 cm³/mol. The van der Waals surface area contributed by atoms with Crippen molar-refractivity contribution in [2.45, 2.75) is 58.3 Å². The molecule has 2 aliphatic rings. The molecule has 0 radical (unpaired) electrons. The third-order valence-electron chi connectivity index (χ3n) is 4.98. The Labute approximate surface area is 114 Å². The quantitative estimate of drug-likeness (QED) is 0.315. The van der Waals surface area contributed by atoms with Crippen molar-refractivity contribution in [3.8, 4) is 0 Å². The maximum Gasteiger partial charge on any atom is 0.233 e. The summed E-state index contributed by atoms with van der Waals surface area (Å²) in [5.74, 6) is 0.0130. The molecule has 0 bridgehead atoms. The van der Waals surface area contributed by atoms with Crippen molar-refractivity contribution in [1.82, 2.24) is 5.32 Å². The normalized spacial score (nSPS) is 25.4. The van der Waals surface area contributed by atoms with Crippen molar-refractivity contribution in [3.05, 3.63) is 0 Å². The van der Waals surface area contributed by atoms with Crippen LogP contribution >= 0.6 is 0 Å². The second kappa shape index (κ2) is 5.39. The number of carbonyl (C=O) groups is 1. The molecule has 0 saturated heterocycles. The molecule has 0 atom stereocenters. The first kappa shape index (κ1) is 14.2. The number of hydrogen-bond acceptors (Lipinski definition) is 3. The number of amidine groups is 1. The van der Waals surface area contributed by atoms with Crippen molar-refractivity contribution in [2.24, 2.45) is 21.7 Å². The summed E-state index contributed by atoms with van der Waals surface area (Å²) < 4.78 is 0. The van der Waals surface area contributed by atoms with Gasteiger partial charge in [0, 0.05) is 6.54 Å². The highest BCUT2D eigenvalue weighted by atomic mass is 16.4. The van der Waals surface area contributed by atoms with Gasteiger partial charge in [0.05, 0.1) is 0 Å². The Morgan fingerprint density at radius 1 is 1.21 bits per heavy atom. The largest absolute Gasteiger partial charge is 0.409 e. The van der Waals surface area contributed by atoms with E-state index in [-0.39, 0.29) is 17.2 Å². The molecule has 0 heterocycles. The molecular weight excluding hydrogens is 242 g/mol. The minimum atomic E-state index is -0.785. The Morgan fingerprint density at radius 2 is 1.84 bits per heavy atom. The van der Waals surface area contributed by atoms with Crippen LogP contribution < -0.4 is 11.1 Å². The Kier molecular flexibility index (Phi) is 4.02. The predicted octanol–water partition coefficient (Wildman–Crippen LogP) is 1.99. The van der Waals surface area contributed by atoms with Gasteiger partial charge in [0.15, 0.2) is 5.84 Å². The maximum absolute atomic E-state index is 12.5. The SMILES string of the molecule is CC1(CNC(=O)C2(C(N)=NO)CCCCC2)CCC1. The highest BCUT2D eigenvalue weighted by molar-refractivity contribution is 6.06. The van der Waals surface area contributed by atoms with Crippen LogP contribution in [0.2, 0.25) is 0 Å². The molecule has 4 N–H and O–H groups in total. The molecule has 108 valence electrons. The van der Waals surface area contributed by atoms with Crippen LogP contribution in [0.5, 0.6) is 0 Å². The third-order valence-corrected chi connectivity index (χ3v) is 4.98. The minimum Gasteiger partial charge on any atom is -0.409 e. The van der Waals surface area contributed by atoms with Crippen molar-refractivity contribution in [1.29, 1.82) is 0 Å². The van der Waals surface area contributed by atoms with Gasteiger partial charge in [-0.25, -0.2) is 0 Å². The summed E-state index contributed by atoms with van der Waals surface area (Å²) in [5, 5.41) is 15.1. The lowest BCUT2D eigenvalue weighted by atomic mass is 9.69. The maximum atomic E-state index is 12.5. The first-order valence-corrected chi connectivity index (χ1v) is 7.29. The Hall–Kier alpha value is -1.26. The number of oxime groups is 1. The van der Waals surface area contributed by atoms with Crippen molar-refractivity contribution >= 4 is 11.7 Å². The Morgan fingerprint density at radius 3 is 2.32 bits per heavy atom. The van der Waals surface area contributed by atoms with Crippen molar-refractivity contribution < 1.29 is 10.0 Å². The van der Waals surface area contributed by atoms with Crippen LogP contribution in [0.25, 0.3) is 0 Å². The van der Waals surface area contributed by atoms with Gasteiger partial charge in [0.25, 0.3) is 0 Å². The van der Waals surface area contributed by atoms with Gasteiger partial charge in [-0.2, -0.15) is 0 Å². The van der Waals surface area contributed by atoms with Crippen LogP contribution in [-0.4, -0.2) is 23.5 Å². The molecule has 0 aromatic heterocycles. The highest BCUT2D eigenvalue weighted by Crippen LogP contribution is 2.41. The highest BCUT2D eigenvalue weighted by Gasteiger charge is 2.44. The summed E-state index contributed by atoms with van der Waals surface area (Å²) in [6.07, 6.45) is 8.00. The van der Waals surface area contributed by atoms with Gasteiger partial charge in [-0.15, -0.1) is 0 Å². The summed E-state index contributed by atoms with van der Waals surface area (Å²) in [6.45, 7) is 2.90. The third kappa shape index (κ3) is 2.69. The van der Waals surface area contributed by atoms with E-state index in [2.05, 4.69) is 17.4 Å². The van der Waals surface area contributed by atoms with E-state index in [1.165, 1.54) is 19.3 Å². The van der Waals surface area contributed by atoms with E-state index in [0.29, 0.717) is 19.4 Å². The van der Waals surface area contributed by atoms with Crippen LogP contribution in [0, 0.1) is 10.8 Å². The van der Waals surface area contributed by atoms with E-state index < -0.39 is 5.41 Å². The van der Waals surface area contributed by atoms with Crippen LogP contribution in [-0.2, 0) is 4.79 Å².